The lowest BCUT2D eigenvalue weighted by Crippen LogP contribution is -2.11. The Bertz CT molecular complexity index is 1140. The number of aromatic nitrogens is 5. The number of nitrogens with one attached hydrogen (secondary N) is 2. The number of benzene rings is 2. The molecule has 2 heterocycles. The molecule has 4 aromatic rings. The number of aromatic amines is 2. The minimum Gasteiger partial charge on any atom is -0.274 e. The Hall–Kier alpha value is -3.20. The molecule has 0 aliphatic rings. The van der Waals surface area contributed by atoms with E-state index in [1.165, 1.54) is 22.8 Å². The van der Waals surface area contributed by atoms with E-state index < -0.39 is 11.7 Å². The van der Waals surface area contributed by atoms with E-state index in [1.54, 1.807) is 6.07 Å². The first-order valence-electron chi connectivity index (χ1n) is 7.90. The molecule has 2 aromatic carbocycles. The maximum Gasteiger partial charge on any atom is 0.418 e. The van der Waals surface area contributed by atoms with Crippen molar-refractivity contribution in [3.05, 3.63) is 71.0 Å². The molecule has 2 aromatic heterocycles. The van der Waals surface area contributed by atoms with Crippen LogP contribution in [0.15, 0.2) is 60.7 Å². The van der Waals surface area contributed by atoms with Crippen LogP contribution in [-0.4, -0.2) is 25.0 Å². The largest absolute Gasteiger partial charge is 0.418 e. The molecule has 0 radical (unpaired) electrons. The zero-order valence-electron chi connectivity index (χ0n) is 13.7. The van der Waals surface area contributed by atoms with Crippen molar-refractivity contribution in [2.75, 3.05) is 0 Å². The van der Waals surface area contributed by atoms with Gasteiger partial charge in [0, 0.05) is 5.56 Å². The van der Waals surface area contributed by atoms with Gasteiger partial charge in [-0.05, 0) is 30.4 Å². The second kappa shape index (κ2) is 6.51. The first-order valence-corrected chi connectivity index (χ1v) is 8.31. The van der Waals surface area contributed by atoms with E-state index in [9.17, 15) is 13.2 Å². The quantitative estimate of drug-likeness (QED) is 0.486. The SMILES string of the molecule is FC(F)(F)c1ccccc1-n1c(-c2cc(-c3ccccc3)n[nH]2)n[nH]c1=S. The van der Waals surface area contributed by atoms with E-state index in [0.29, 0.717) is 11.4 Å². The van der Waals surface area contributed by atoms with Crippen molar-refractivity contribution in [3.63, 3.8) is 0 Å². The van der Waals surface area contributed by atoms with Gasteiger partial charge in [0.15, 0.2) is 10.6 Å². The van der Waals surface area contributed by atoms with E-state index >= 15 is 0 Å². The molecule has 0 saturated heterocycles. The summed E-state index contributed by atoms with van der Waals surface area (Å²) in [5.41, 5.74) is 1.06. The van der Waals surface area contributed by atoms with Crippen LogP contribution in [0.4, 0.5) is 13.2 Å². The van der Waals surface area contributed by atoms with Crippen LogP contribution in [0.3, 0.4) is 0 Å². The molecule has 0 aliphatic heterocycles. The van der Waals surface area contributed by atoms with Gasteiger partial charge in [-0.25, -0.2) is 0 Å². The van der Waals surface area contributed by atoms with Crippen LogP contribution < -0.4 is 0 Å². The van der Waals surface area contributed by atoms with Crippen LogP contribution in [0, 0.1) is 4.77 Å². The van der Waals surface area contributed by atoms with Crippen molar-refractivity contribution in [1.29, 1.82) is 0 Å². The third-order valence-corrected chi connectivity index (χ3v) is 4.28. The van der Waals surface area contributed by atoms with Crippen molar-refractivity contribution in [2.24, 2.45) is 0 Å². The standard InChI is InChI=1S/C18H12F3N5S/c19-18(20,21)12-8-4-5-9-15(12)26-16(24-25-17(26)27)14-10-13(22-23-14)11-6-2-1-3-7-11/h1-10H,(H,22,23)(H,25,27). The first-order chi connectivity index (χ1) is 12.9. The second-order valence-corrected chi connectivity index (χ2v) is 6.12. The summed E-state index contributed by atoms with van der Waals surface area (Å²) in [6.07, 6.45) is -4.52. The summed E-state index contributed by atoms with van der Waals surface area (Å²) in [5, 5.41) is 13.7. The predicted octanol–water partition coefficient (Wildman–Crippen LogP) is 5.01. The Morgan fingerprint density at radius 3 is 2.33 bits per heavy atom. The molecule has 0 spiro atoms. The van der Waals surface area contributed by atoms with Crippen molar-refractivity contribution < 1.29 is 13.2 Å². The van der Waals surface area contributed by atoms with Gasteiger partial charge in [-0.1, -0.05) is 42.5 Å². The monoisotopic (exact) mass is 387 g/mol. The number of hydrogen-bond donors (Lipinski definition) is 2. The normalized spacial score (nSPS) is 11.7. The van der Waals surface area contributed by atoms with Crippen molar-refractivity contribution in [2.45, 2.75) is 6.18 Å². The molecule has 0 aliphatic carbocycles. The van der Waals surface area contributed by atoms with E-state index in [1.807, 2.05) is 30.3 Å². The fourth-order valence-electron chi connectivity index (χ4n) is 2.80. The molecule has 2 N–H and O–H groups in total. The molecular weight excluding hydrogens is 375 g/mol. The number of alkyl halides is 3. The molecule has 136 valence electrons. The van der Waals surface area contributed by atoms with Crippen molar-refractivity contribution >= 4 is 12.2 Å². The first kappa shape index (κ1) is 17.2. The van der Waals surface area contributed by atoms with Gasteiger partial charge >= 0.3 is 6.18 Å². The lowest BCUT2D eigenvalue weighted by Gasteiger charge is -2.14. The molecule has 9 heteroatoms. The number of H-pyrrole nitrogens is 2. The van der Waals surface area contributed by atoms with Crippen LogP contribution in [0.1, 0.15) is 5.56 Å². The minimum atomic E-state index is -4.52. The summed E-state index contributed by atoms with van der Waals surface area (Å²) in [6.45, 7) is 0. The van der Waals surface area contributed by atoms with Crippen LogP contribution in [0.5, 0.6) is 0 Å². The average molecular weight is 387 g/mol. The van der Waals surface area contributed by atoms with Gasteiger partial charge in [-0.2, -0.15) is 23.4 Å². The molecule has 0 atom stereocenters. The second-order valence-electron chi connectivity index (χ2n) is 5.74. The molecule has 0 fully saturated rings. The Balaban J connectivity index is 1.86. The van der Waals surface area contributed by atoms with Crippen LogP contribution >= 0.6 is 12.2 Å². The van der Waals surface area contributed by atoms with Crippen LogP contribution in [-0.2, 0) is 6.18 Å². The average Bonchev–Trinajstić information content (AvgIpc) is 3.28. The number of para-hydroxylation sites is 1. The van der Waals surface area contributed by atoms with Gasteiger partial charge in [0.2, 0.25) is 0 Å². The Kier molecular flexibility index (Phi) is 4.15. The van der Waals surface area contributed by atoms with Crippen LogP contribution in [0.2, 0.25) is 0 Å². The van der Waals surface area contributed by atoms with Gasteiger partial charge in [0.05, 0.1) is 16.9 Å². The third-order valence-electron chi connectivity index (χ3n) is 4.01. The van der Waals surface area contributed by atoms with E-state index in [0.717, 1.165) is 11.6 Å². The Morgan fingerprint density at radius 2 is 1.59 bits per heavy atom. The lowest BCUT2D eigenvalue weighted by atomic mass is 10.1. The molecule has 27 heavy (non-hydrogen) atoms. The van der Waals surface area contributed by atoms with E-state index in [2.05, 4.69) is 20.4 Å². The number of halogens is 3. The maximum absolute atomic E-state index is 13.4. The van der Waals surface area contributed by atoms with Gasteiger partial charge in [0.1, 0.15) is 5.69 Å². The zero-order valence-corrected chi connectivity index (χ0v) is 14.5. The highest BCUT2D eigenvalue weighted by molar-refractivity contribution is 7.71. The Morgan fingerprint density at radius 1 is 0.889 bits per heavy atom. The summed E-state index contributed by atoms with van der Waals surface area (Å²) in [5.74, 6) is 0.214. The van der Waals surface area contributed by atoms with Gasteiger partial charge < -0.3 is 0 Å². The highest BCUT2D eigenvalue weighted by Crippen LogP contribution is 2.35. The highest BCUT2D eigenvalue weighted by Gasteiger charge is 2.34. The van der Waals surface area contributed by atoms with Gasteiger partial charge in [-0.3, -0.25) is 14.8 Å². The highest BCUT2D eigenvalue weighted by atomic mass is 32.1. The number of rotatable bonds is 3. The molecular formula is C18H12F3N5S. The summed E-state index contributed by atoms with van der Waals surface area (Å²) >= 11 is 5.18. The third kappa shape index (κ3) is 3.17. The fraction of sp³-hybridized carbons (Fsp3) is 0.0556. The van der Waals surface area contributed by atoms with Crippen molar-refractivity contribution in [3.8, 4) is 28.5 Å². The Labute approximate surface area is 156 Å². The van der Waals surface area contributed by atoms with E-state index in [4.69, 9.17) is 12.2 Å². The summed E-state index contributed by atoms with van der Waals surface area (Å²) < 4.78 is 41.6. The fourth-order valence-corrected chi connectivity index (χ4v) is 3.03. The summed E-state index contributed by atoms with van der Waals surface area (Å²) in [6, 6.07) is 16.3. The van der Waals surface area contributed by atoms with Crippen molar-refractivity contribution in [1.82, 2.24) is 25.0 Å². The summed E-state index contributed by atoms with van der Waals surface area (Å²) in [4.78, 5) is 0. The number of hydrogen-bond acceptors (Lipinski definition) is 3. The molecule has 0 bridgehead atoms. The minimum absolute atomic E-state index is 0.0533. The molecule has 5 nitrogen and oxygen atoms in total. The molecule has 0 unspecified atom stereocenters. The number of nitrogens with zero attached hydrogens (tertiary/aromatic N) is 3. The predicted molar refractivity (Wildman–Crippen MR) is 96.8 cm³/mol. The van der Waals surface area contributed by atoms with E-state index in [-0.39, 0.29) is 16.3 Å². The smallest absolute Gasteiger partial charge is 0.274 e. The molecule has 0 saturated carbocycles. The molecule has 4 rings (SSSR count). The topological polar surface area (TPSA) is 62.3 Å². The van der Waals surface area contributed by atoms with Gasteiger partial charge in [0.25, 0.3) is 0 Å². The zero-order chi connectivity index (χ0) is 19.0. The molecule has 0 amide bonds. The van der Waals surface area contributed by atoms with Gasteiger partial charge in [-0.15, -0.1) is 0 Å². The van der Waals surface area contributed by atoms with Crippen LogP contribution in [0.25, 0.3) is 28.5 Å². The lowest BCUT2D eigenvalue weighted by molar-refractivity contribution is -0.137. The maximum atomic E-state index is 13.4. The summed E-state index contributed by atoms with van der Waals surface area (Å²) in [7, 11) is 0.